The molecule has 0 unspecified atom stereocenters. The average Bonchev–Trinajstić information content (AvgIpc) is 2.50. The Morgan fingerprint density at radius 2 is 1.96 bits per heavy atom. The number of esters is 1. The van der Waals surface area contributed by atoms with E-state index in [-0.39, 0.29) is 46.5 Å². The second-order valence-corrected chi connectivity index (χ2v) is 5.54. The standard InChI is InChI=1S/C14H17Cl2N3O4/c1-23-13(21)7(6-19-14(18)22)2-5-10(20)11-8(15)3-4-9(17)12(11)16/h3-4,7H,2,5-6,17H2,1H3,(H3,18,19,22)/t7-/m0/s1. The highest BCUT2D eigenvalue weighted by molar-refractivity contribution is 6.41. The van der Waals surface area contributed by atoms with Crippen LogP contribution in [-0.2, 0) is 9.53 Å². The summed E-state index contributed by atoms with van der Waals surface area (Å²) in [7, 11) is 1.22. The number of carbonyl (C=O) groups is 3. The van der Waals surface area contributed by atoms with Gasteiger partial charge in [0.25, 0.3) is 0 Å². The molecule has 9 heteroatoms. The summed E-state index contributed by atoms with van der Waals surface area (Å²) in [6.45, 7) is -0.0340. The van der Waals surface area contributed by atoms with Crippen molar-refractivity contribution in [2.75, 3.05) is 19.4 Å². The van der Waals surface area contributed by atoms with Crippen LogP contribution in [0.15, 0.2) is 12.1 Å². The third-order valence-electron chi connectivity index (χ3n) is 3.18. The van der Waals surface area contributed by atoms with E-state index >= 15 is 0 Å². The number of ketones is 1. The second kappa shape index (κ2) is 8.59. The number of benzene rings is 1. The first-order chi connectivity index (χ1) is 10.8. The number of halogens is 2. The zero-order chi connectivity index (χ0) is 17.6. The summed E-state index contributed by atoms with van der Waals surface area (Å²) in [4.78, 5) is 34.7. The summed E-state index contributed by atoms with van der Waals surface area (Å²) in [5.41, 5.74) is 11.0. The van der Waals surface area contributed by atoms with Gasteiger partial charge >= 0.3 is 12.0 Å². The lowest BCUT2D eigenvalue weighted by molar-refractivity contribution is -0.145. The van der Waals surface area contributed by atoms with Gasteiger partial charge in [0.1, 0.15) is 0 Å². The van der Waals surface area contributed by atoms with Gasteiger partial charge in [-0.2, -0.15) is 0 Å². The Kier molecular flexibility index (Phi) is 7.12. The van der Waals surface area contributed by atoms with Gasteiger partial charge in [-0.05, 0) is 18.6 Å². The summed E-state index contributed by atoms with van der Waals surface area (Å²) >= 11 is 12.0. The number of urea groups is 1. The van der Waals surface area contributed by atoms with Gasteiger partial charge in [-0.1, -0.05) is 23.2 Å². The summed E-state index contributed by atoms with van der Waals surface area (Å²) in [6.07, 6.45) is 0.107. The fraction of sp³-hybridized carbons (Fsp3) is 0.357. The van der Waals surface area contributed by atoms with E-state index in [9.17, 15) is 14.4 Å². The molecule has 1 rings (SSSR count). The minimum absolute atomic E-state index is 0.0247. The number of nitrogen functional groups attached to an aromatic ring is 1. The molecule has 2 amide bonds. The maximum atomic E-state index is 12.3. The highest BCUT2D eigenvalue weighted by Crippen LogP contribution is 2.31. The maximum absolute atomic E-state index is 12.3. The van der Waals surface area contributed by atoms with E-state index in [1.807, 2.05) is 0 Å². The number of amides is 2. The Bertz CT molecular complexity index is 622. The lowest BCUT2D eigenvalue weighted by Gasteiger charge is -2.15. The molecule has 1 aromatic rings. The van der Waals surface area contributed by atoms with E-state index in [0.717, 1.165) is 0 Å². The SMILES string of the molecule is COC(=O)[C@@H](CCC(=O)c1c(Cl)ccc(N)c1Cl)CNC(N)=O. The number of nitrogens with one attached hydrogen (secondary N) is 1. The minimum atomic E-state index is -0.771. The number of hydrogen-bond acceptors (Lipinski definition) is 5. The highest BCUT2D eigenvalue weighted by Gasteiger charge is 2.23. The molecular weight excluding hydrogens is 345 g/mol. The van der Waals surface area contributed by atoms with Crippen LogP contribution in [0.3, 0.4) is 0 Å². The van der Waals surface area contributed by atoms with Crippen LogP contribution in [0, 0.1) is 5.92 Å². The number of methoxy groups -OCH3 is 1. The van der Waals surface area contributed by atoms with E-state index in [2.05, 4.69) is 10.1 Å². The topological polar surface area (TPSA) is 125 Å². The Hall–Kier alpha value is -1.99. The van der Waals surface area contributed by atoms with E-state index in [4.69, 9.17) is 34.7 Å². The molecule has 0 aliphatic heterocycles. The lowest BCUT2D eigenvalue weighted by Crippen LogP contribution is -2.37. The number of carbonyl (C=O) groups excluding carboxylic acids is 3. The first-order valence-corrected chi connectivity index (χ1v) is 7.41. The molecule has 7 nitrogen and oxygen atoms in total. The van der Waals surface area contributed by atoms with Crippen LogP contribution in [0.5, 0.6) is 0 Å². The van der Waals surface area contributed by atoms with Crippen molar-refractivity contribution in [2.45, 2.75) is 12.8 Å². The van der Waals surface area contributed by atoms with Gasteiger partial charge in [-0.15, -0.1) is 0 Å². The molecule has 1 atom stereocenters. The Morgan fingerprint density at radius 3 is 2.52 bits per heavy atom. The molecule has 0 saturated heterocycles. The fourth-order valence-electron chi connectivity index (χ4n) is 1.95. The Labute approximate surface area is 143 Å². The normalized spacial score (nSPS) is 11.6. The zero-order valence-electron chi connectivity index (χ0n) is 12.4. The number of anilines is 1. The molecular formula is C14H17Cl2N3O4. The molecule has 5 N–H and O–H groups in total. The van der Waals surface area contributed by atoms with Crippen LogP contribution in [0.2, 0.25) is 10.0 Å². The van der Waals surface area contributed by atoms with Crippen molar-refractivity contribution in [3.05, 3.63) is 27.7 Å². The van der Waals surface area contributed by atoms with Crippen LogP contribution in [0.1, 0.15) is 23.2 Å². The first kappa shape index (κ1) is 19.1. The van der Waals surface area contributed by atoms with Crippen LogP contribution in [0.4, 0.5) is 10.5 Å². The predicted molar refractivity (Wildman–Crippen MR) is 87.5 cm³/mol. The van der Waals surface area contributed by atoms with Crippen LogP contribution < -0.4 is 16.8 Å². The van der Waals surface area contributed by atoms with Crippen molar-refractivity contribution >= 4 is 46.7 Å². The Morgan fingerprint density at radius 1 is 1.30 bits per heavy atom. The molecule has 0 radical (unpaired) electrons. The van der Waals surface area contributed by atoms with Crippen molar-refractivity contribution in [1.29, 1.82) is 0 Å². The summed E-state index contributed by atoms with van der Waals surface area (Å²) < 4.78 is 4.63. The molecule has 1 aromatic carbocycles. The third-order valence-corrected chi connectivity index (χ3v) is 3.90. The number of rotatable bonds is 7. The monoisotopic (exact) mass is 361 g/mol. The van der Waals surface area contributed by atoms with Crippen LogP contribution >= 0.6 is 23.2 Å². The van der Waals surface area contributed by atoms with E-state index in [0.29, 0.717) is 0 Å². The number of ether oxygens (including phenoxy) is 1. The van der Waals surface area contributed by atoms with Crippen molar-refractivity contribution in [3.63, 3.8) is 0 Å². The number of Topliss-reactive ketones (excluding diaryl/α,β-unsaturated/α-hetero) is 1. The fourth-order valence-corrected chi connectivity index (χ4v) is 2.53. The summed E-state index contributed by atoms with van der Waals surface area (Å²) in [5.74, 6) is -1.63. The highest BCUT2D eigenvalue weighted by atomic mass is 35.5. The molecule has 0 fully saturated rings. The van der Waals surface area contributed by atoms with Gasteiger partial charge in [0.05, 0.1) is 34.3 Å². The van der Waals surface area contributed by atoms with Gasteiger partial charge in [0.2, 0.25) is 0 Å². The molecule has 23 heavy (non-hydrogen) atoms. The average molecular weight is 362 g/mol. The molecule has 0 aliphatic rings. The van der Waals surface area contributed by atoms with Gasteiger partial charge < -0.3 is 21.5 Å². The van der Waals surface area contributed by atoms with Crippen molar-refractivity contribution in [3.8, 4) is 0 Å². The second-order valence-electron chi connectivity index (χ2n) is 4.75. The molecule has 126 valence electrons. The number of primary amides is 1. The minimum Gasteiger partial charge on any atom is -0.469 e. The van der Waals surface area contributed by atoms with Crippen LogP contribution in [-0.4, -0.2) is 31.4 Å². The summed E-state index contributed by atoms with van der Waals surface area (Å²) in [5, 5.41) is 2.57. The van der Waals surface area contributed by atoms with Crippen molar-refractivity contribution in [1.82, 2.24) is 5.32 Å². The van der Waals surface area contributed by atoms with Crippen molar-refractivity contribution < 1.29 is 19.1 Å². The first-order valence-electron chi connectivity index (χ1n) is 6.65. The molecule has 0 spiro atoms. The molecule has 0 heterocycles. The van der Waals surface area contributed by atoms with E-state index in [1.54, 1.807) is 0 Å². The third kappa shape index (κ3) is 5.30. The van der Waals surface area contributed by atoms with Gasteiger partial charge in [0, 0.05) is 13.0 Å². The molecule has 0 bridgehead atoms. The van der Waals surface area contributed by atoms with E-state index in [1.165, 1.54) is 19.2 Å². The number of hydrogen-bond donors (Lipinski definition) is 3. The molecule has 0 aromatic heterocycles. The van der Waals surface area contributed by atoms with Gasteiger partial charge in [-0.25, -0.2) is 4.79 Å². The maximum Gasteiger partial charge on any atom is 0.312 e. The Balaban J connectivity index is 2.81. The van der Waals surface area contributed by atoms with Crippen molar-refractivity contribution in [2.24, 2.45) is 11.7 Å². The smallest absolute Gasteiger partial charge is 0.312 e. The van der Waals surface area contributed by atoms with Crippen LogP contribution in [0.25, 0.3) is 0 Å². The molecule has 0 aliphatic carbocycles. The van der Waals surface area contributed by atoms with Gasteiger partial charge in [0.15, 0.2) is 5.78 Å². The largest absolute Gasteiger partial charge is 0.469 e. The zero-order valence-corrected chi connectivity index (χ0v) is 13.9. The van der Waals surface area contributed by atoms with E-state index < -0.39 is 17.9 Å². The number of nitrogens with two attached hydrogens (primary N) is 2. The van der Waals surface area contributed by atoms with Gasteiger partial charge in [-0.3, -0.25) is 9.59 Å². The lowest BCUT2D eigenvalue weighted by atomic mass is 9.98. The summed E-state index contributed by atoms with van der Waals surface area (Å²) in [6, 6.07) is 2.20. The molecule has 0 saturated carbocycles. The predicted octanol–water partition coefficient (Wildman–Crippen LogP) is 2.00. The quantitative estimate of drug-likeness (QED) is 0.389.